The summed E-state index contributed by atoms with van der Waals surface area (Å²) in [5.74, 6) is 0. The summed E-state index contributed by atoms with van der Waals surface area (Å²) < 4.78 is 0. The number of nitrogens with zero attached hydrogens (tertiary/aromatic N) is 4. The largest absolute Gasteiger partial charge is 0.360 e. The molecule has 0 amide bonds. The van der Waals surface area contributed by atoms with Crippen molar-refractivity contribution >= 4 is 39.2 Å². The third-order valence-corrected chi connectivity index (χ3v) is 5.09. The zero-order valence-corrected chi connectivity index (χ0v) is 15.8. The molecule has 2 aromatic carbocycles. The summed E-state index contributed by atoms with van der Waals surface area (Å²) in [4.78, 5) is 19.1. The van der Waals surface area contributed by atoms with E-state index in [4.69, 9.17) is 0 Å². The van der Waals surface area contributed by atoms with Gasteiger partial charge in [0.05, 0.1) is 16.1 Å². The first kappa shape index (κ1) is 18.3. The maximum atomic E-state index is 10.8. The van der Waals surface area contributed by atoms with E-state index in [-0.39, 0.29) is 5.69 Å². The molecule has 4 rings (SSSR count). The molecule has 0 aliphatic carbocycles. The van der Waals surface area contributed by atoms with Crippen LogP contribution in [-0.4, -0.2) is 14.9 Å². The van der Waals surface area contributed by atoms with E-state index >= 15 is 0 Å². The molecule has 0 fully saturated rings. The molecule has 0 unspecified atom stereocenters. The van der Waals surface area contributed by atoms with E-state index in [0.29, 0.717) is 16.3 Å². The van der Waals surface area contributed by atoms with Crippen molar-refractivity contribution in [2.24, 2.45) is 0 Å². The normalized spacial score (nSPS) is 11.2. The van der Waals surface area contributed by atoms with E-state index < -0.39 is 4.92 Å². The first-order valence-corrected chi connectivity index (χ1v) is 9.44. The molecule has 29 heavy (non-hydrogen) atoms. The van der Waals surface area contributed by atoms with Crippen LogP contribution in [0.3, 0.4) is 0 Å². The van der Waals surface area contributed by atoms with Crippen LogP contribution in [0, 0.1) is 21.4 Å². The van der Waals surface area contributed by atoms with Crippen LogP contribution in [0.5, 0.6) is 0 Å². The summed E-state index contributed by atoms with van der Waals surface area (Å²) in [6, 6.07) is 17.9. The summed E-state index contributed by atoms with van der Waals surface area (Å²) in [5.41, 5.74) is 3.58. The first-order chi connectivity index (χ1) is 14.1. The minimum absolute atomic E-state index is 0.0246. The number of nitro groups is 1. The maximum Gasteiger partial charge on any atom is 0.269 e. The monoisotopic (exact) mass is 399 g/mol. The SMILES string of the molecule is N#CC(=CNc1ccc2ncccc2c1)c1nc(-c2ccc([N+](=O)[O-])cc2)cs1. The fourth-order valence-electron chi connectivity index (χ4n) is 2.75. The van der Waals surface area contributed by atoms with E-state index in [0.717, 1.165) is 22.2 Å². The van der Waals surface area contributed by atoms with Gasteiger partial charge in [0.25, 0.3) is 5.69 Å². The predicted octanol–water partition coefficient (Wildman–Crippen LogP) is 5.24. The average Bonchev–Trinajstić information content (AvgIpc) is 3.24. The number of aromatic nitrogens is 2. The standard InChI is InChI=1S/C21H13N5O2S/c22-11-16(12-24-17-5-8-19-15(10-17)2-1-9-23-19)21-25-20(13-29-21)14-3-6-18(7-4-14)26(27)28/h1-10,12-13,24H. The predicted molar refractivity (Wildman–Crippen MR) is 113 cm³/mol. The van der Waals surface area contributed by atoms with Crippen LogP contribution >= 0.6 is 11.3 Å². The minimum atomic E-state index is -0.443. The summed E-state index contributed by atoms with van der Waals surface area (Å²) in [5, 5.41) is 26.8. The lowest BCUT2D eigenvalue weighted by atomic mass is 10.1. The van der Waals surface area contributed by atoms with Crippen molar-refractivity contribution in [3.8, 4) is 17.3 Å². The van der Waals surface area contributed by atoms with Crippen molar-refractivity contribution in [2.45, 2.75) is 0 Å². The molecule has 0 spiro atoms. The maximum absolute atomic E-state index is 10.8. The number of thiazole rings is 1. The van der Waals surface area contributed by atoms with Gasteiger partial charge in [-0.3, -0.25) is 15.1 Å². The number of hydrogen-bond donors (Lipinski definition) is 1. The van der Waals surface area contributed by atoms with E-state index in [1.807, 2.05) is 35.7 Å². The van der Waals surface area contributed by atoms with Gasteiger partial charge in [-0.1, -0.05) is 6.07 Å². The third-order valence-electron chi connectivity index (χ3n) is 4.22. The second-order valence-corrected chi connectivity index (χ2v) is 6.93. The highest BCUT2D eigenvalue weighted by atomic mass is 32.1. The highest BCUT2D eigenvalue weighted by molar-refractivity contribution is 7.11. The molecule has 2 aromatic heterocycles. The Morgan fingerprint density at radius 3 is 2.79 bits per heavy atom. The van der Waals surface area contributed by atoms with Crippen LogP contribution < -0.4 is 5.32 Å². The molecule has 0 aliphatic rings. The Morgan fingerprint density at radius 2 is 2.03 bits per heavy atom. The number of fused-ring (bicyclic) bond motifs is 1. The molecule has 0 bridgehead atoms. The van der Waals surface area contributed by atoms with Crippen molar-refractivity contribution < 1.29 is 4.92 Å². The smallest absolute Gasteiger partial charge is 0.269 e. The molecule has 0 saturated heterocycles. The molecule has 0 atom stereocenters. The van der Waals surface area contributed by atoms with Crippen LogP contribution in [0.15, 0.2) is 72.4 Å². The zero-order valence-electron chi connectivity index (χ0n) is 14.9. The van der Waals surface area contributed by atoms with Crippen LogP contribution in [0.25, 0.3) is 27.7 Å². The van der Waals surface area contributed by atoms with E-state index in [2.05, 4.69) is 21.4 Å². The Labute approximate surface area is 169 Å². The zero-order chi connectivity index (χ0) is 20.2. The number of non-ortho nitro benzene ring substituents is 1. The van der Waals surface area contributed by atoms with Crippen LogP contribution in [0.1, 0.15) is 5.01 Å². The summed E-state index contributed by atoms with van der Waals surface area (Å²) in [6.07, 6.45) is 3.37. The summed E-state index contributed by atoms with van der Waals surface area (Å²) in [7, 11) is 0. The third kappa shape index (κ3) is 3.95. The topological polar surface area (TPSA) is 105 Å². The Kier molecular flexibility index (Phi) is 4.97. The number of anilines is 1. The molecule has 0 radical (unpaired) electrons. The number of nitrogens with one attached hydrogen (secondary N) is 1. The van der Waals surface area contributed by atoms with Gasteiger partial charge < -0.3 is 5.32 Å². The fourth-order valence-corrected chi connectivity index (χ4v) is 3.54. The quantitative estimate of drug-likeness (QED) is 0.279. The Bertz CT molecular complexity index is 1270. The molecule has 140 valence electrons. The van der Waals surface area contributed by atoms with Crippen molar-refractivity contribution in [3.63, 3.8) is 0 Å². The average molecular weight is 399 g/mol. The second-order valence-electron chi connectivity index (χ2n) is 6.07. The van der Waals surface area contributed by atoms with Gasteiger partial charge >= 0.3 is 0 Å². The molecular formula is C21H13N5O2S. The van der Waals surface area contributed by atoms with Crippen molar-refractivity contribution in [2.75, 3.05) is 5.32 Å². The van der Waals surface area contributed by atoms with Gasteiger partial charge in [-0.25, -0.2) is 4.98 Å². The van der Waals surface area contributed by atoms with E-state index in [1.165, 1.54) is 23.5 Å². The lowest BCUT2D eigenvalue weighted by molar-refractivity contribution is -0.384. The Morgan fingerprint density at radius 1 is 1.21 bits per heavy atom. The van der Waals surface area contributed by atoms with Gasteiger partial charge in [0, 0.05) is 46.5 Å². The number of rotatable bonds is 5. The van der Waals surface area contributed by atoms with Crippen molar-refractivity contribution in [1.29, 1.82) is 5.26 Å². The highest BCUT2D eigenvalue weighted by Gasteiger charge is 2.11. The number of pyridine rings is 1. The van der Waals surface area contributed by atoms with Gasteiger partial charge in [0.15, 0.2) is 0 Å². The first-order valence-electron chi connectivity index (χ1n) is 8.56. The molecular weight excluding hydrogens is 386 g/mol. The van der Waals surface area contributed by atoms with E-state index in [9.17, 15) is 15.4 Å². The van der Waals surface area contributed by atoms with Crippen molar-refractivity contribution in [3.05, 3.63) is 87.5 Å². The van der Waals surface area contributed by atoms with Crippen molar-refractivity contribution in [1.82, 2.24) is 9.97 Å². The van der Waals surface area contributed by atoms with Crippen LogP contribution in [-0.2, 0) is 0 Å². The number of allylic oxidation sites excluding steroid dienone is 1. The number of hydrogen-bond acceptors (Lipinski definition) is 7. The minimum Gasteiger partial charge on any atom is -0.360 e. The lowest BCUT2D eigenvalue weighted by Gasteiger charge is -2.03. The Balaban J connectivity index is 1.56. The fraction of sp³-hybridized carbons (Fsp3) is 0. The molecule has 0 aliphatic heterocycles. The van der Waals surface area contributed by atoms with Gasteiger partial charge in [-0.15, -0.1) is 11.3 Å². The van der Waals surface area contributed by atoms with Crippen LogP contribution in [0.2, 0.25) is 0 Å². The molecule has 1 N–H and O–H groups in total. The molecule has 2 heterocycles. The number of nitro benzene ring substituents is 1. The van der Waals surface area contributed by atoms with E-state index in [1.54, 1.807) is 24.5 Å². The summed E-state index contributed by atoms with van der Waals surface area (Å²) >= 11 is 1.34. The molecule has 8 heteroatoms. The number of nitriles is 1. The van der Waals surface area contributed by atoms with Gasteiger partial charge in [-0.05, 0) is 36.4 Å². The lowest BCUT2D eigenvalue weighted by Crippen LogP contribution is -1.91. The number of benzene rings is 2. The summed E-state index contributed by atoms with van der Waals surface area (Å²) in [6.45, 7) is 0. The van der Waals surface area contributed by atoms with Gasteiger partial charge in [-0.2, -0.15) is 5.26 Å². The highest BCUT2D eigenvalue weighted by Crippen LogP contribution is 2.27. The Hall–Kier alpha value is -4.09. The molecule has 7 nitrogen and oxygen atoms in total. The van der Waals surface area contributed by atoms with Gasteiger partial charge in [0.1, 0.15) is 16.6 Å². The second kappa shape index (κ2) is 7.88. The molecule has 0 saturated carbocycles. The molecule has 4 aromatic rings. The van der Waals surface area contributed by atoms with Crippen LogP contribution in [0.4, 0.5) is 11.4 Å². The van der Waals surface area contributed by atoms with Gasteiger partial charge in [0.2, 0.25) is 0 Å².